The van der Waals surface area contributed by atoms with Crippen LogP contribution in [0.15, 0.2) is 41.6 Å². The minimum atomic E-state index is -0.359. The maximum atomic E-state index is 13.8. The van der Waals surface area contributed by atoms with E-state index < -0.39 is 0 Å². The smallest absolute Gasteiger partial charge is 0.264 e. The molecule has 1 aliphatic rings. The molecular formula is C19H20FN5O2. The van der Waals surface area contributed by atoms with Crippen LogP contribution in [0.25, 0.3) is 11.0 Å². The number of nitrogens with one attached hydrogen (secondary N) is 1. The number of fused-ring (bicyclic) bond motifs is 1. The normalized spacial score (nSPS) is 14.3. The SMILES string of the molecule is O=C(NCCn1ncc2c(=O)n(Cc3ccccc3F)cnc21)C1CCC1. The summed E-state index contributed by atoms with van der Waals surface area (Å²) in [5.74, 6) is -0.136. The molecule has 1 aromatic carbocycles. The molecule has 27 heavy (non-hydrogen) atoms. The number of halogens is 1. The van der Waals surface area contributed by atoms with Crippen LogP contribution >= 0.6 is 0 Å². The average molecular weight is 369 g/mol. The molecule has 0 unspecified atom stereocenters. The molecule has 2 heterocycles. The summed E-state index contributed by atoms with van der Waals surface area (Å²) in [6.45, 7) is 0.981. The maximum absolute atomic E-state index is 13.8. The van der Waals surface area contributed by atoms with E-state index in [-0.39, 0.29) is 29.7 Å². The van der Waals surface area contributed by atoms with E-state index in [1.165, 1.54) is 23.2 Å². The maximum Gasteiger partial charge on any atom is 0.264 e. The molecule has 3 aromatic rings. The van der Waals surface area contributed by atoms with E-state index in [2.05, 4.69) is 15.4 Å². The quantitative estimate of drug-likeness (QED) is 0.717. The van der Waals surface area contributed by atoms with Crippen LogP contribution in [0.5, 0.6) is 0 Å². The van der Waals surface area contributed by atoms with Crippen molar-refractivity contribution in [2.45, 2.75) is 32.4 Å². The van der Waals surface area contributed by atoms with E-state index in [1.54, 1.807) is 22.9 Å². The predicted octanol–water partition coefficient (Wildman–Crippen LogP) is 1.70. The van der Waals surface area contributed by atoms with Crippen LogP contribution in [-0.4, -0.2) is 31.8 Å². The molecule has 4 rings (SSSR count). The van der Waals surface area contributed by atoms with E-state index in [9.17, 15) is 14.0 Å². The Morgan fingerprint density at radius 1 is 1.30 bits per heavy atom. The molecule has 0 saturated heterocycles. The highest BCUT2D eigenvalue weighted by molar-refractivity contribution is 5.79. The molecule has 8 heteroatoms. The summed E-state index contributed by atoms with van der Waals surface area (Å²) >= 11 is 0. The van der Waals surface area contributed by atoms with Crippen LogP contribution in [0.2, 0.25) is 0 Å². The van der Waals surface area contributed by atoms with Gasteiger partial charge in [0, 0.05) is 18.0 Å². The largest absolute Gasteiger partial charge is 0.354 e. The van der Waals surface area contributed by atoms with Gasteiger partial charge in [-0.15, -0.1) is 0 Å². The number of hydrogen-bond acceptors (Lipinski definition) is 4. The van der Waals surface area contributed by atoms with Crippen molar-refractivity contribution in [3.8, 4) is 0 Å². The van der Waals surface area contributed by atoms with Crippen molar-refractivity contribution in [2.75, 3.05) is 6.54 Å². The van der Waals surface area contributed by atoms with Gasteiger partial charge in [0.15, 0.2) is 5.65 Å². The minimum Gasteiger partial charge on any atom is -0.354 e. The molecule has 1 N–H and O–H groups in total. The van der Waals surface area contributed by atoms with E-state index in [0.29, 0.717) is 29.7 Å². The Balaban J connectivity index is 1.48. The molecule has 0 aliphatic heterocycles. The summed E-state index contributed by atoms with van der Waals surface area (Å²) in [6.07, 6.45) is 5.91. The molecule has 7 nitrogen and oxygen atoms in total. The zero-order chi connectivity index (χ0) is 18.8. The van der Waals surface area contributed by atoms with Crippen LogP contribution in [0.4, 0.5) is 4.39 Å². The van der Waals surface area contributed by atoms with E-state index >= 15 is 0 Å². The molecule has 140 valence electrons. The molecule has 1 amide bonds. The first kappa shape index (κ1) is 17.4. The summed E-state index contributed by atoms with van der Waals surface area (Å²) < 4.78 is 16.8. The van der Waals surface area contributed by atoms with Crippen LogP contribution in [0.1, 0.15) is 24.8 Å². The lowest BCUT2D eigenvalue weighted by atomic mass is 9.85. The highest BCUT2D eigenvalue weighted by Crippen LogP contribution is 2.26. The average Bonchev–Trinajstić information content (AvgIpc) is 3.01. The van der Waals surface area contributed by atoms with Gasteiger partial charge in [-0.1, -0.05) is 24.6 Å². The zero-order valence-electron chi connectivity index (χ0n) is 14.8. The Morgan fingerprint density at radius 3 is 2.85 bits per heavy atom. The number of hydrogen-bond donors (Lipinski definition) is 1. The summed E-state index contributed by atoms with van der Waals surface area (Å²) in [5, 5.41) is 7.49. The Morgan fingerprint density at radius 2 is 2.11 bits per heavy atom. The van der Waals surface area contributed by atoms with Crippen molar-refractivity contribution in [3.05, 3.63) is 58.5 Å². The molecule has 1 aliphatic carbocycles. The standard InChI is InChI=1S/C19H20FN5O2/c20-16-7-2-1-4-14(16)11-24-12-22-17-15(19(24)27)10-23-25(17)9-8-21-18(26)13-5-3-6-13/h1-2,4,7,10,12-13H,3,5-6,8-9,11H2,(H,21,26). The van der Waals surface area contributed by atoms with Crippen LogP contribution in [-0.2, 0) is 17.9 Å². The number of carbonyl (C=O) groups is 1. The second-order valence-corrected chi connectivity index (χ2v) is 6.79. The van der Waals surface area contributed by atoms with Crippen molar-refractivity contribution >= 4 is 16.9 Å². The van der Waals surface area contributed by atoms with Gasteiger partial charge in [0.25, 0.3) is 5.56 Å². The van der Waals surface area contributed by atoms with Crippen molar-refractivity contribution in [3.63, 3.8) is 0 Å². The highest BCUT2D eigenvalue weighted by Gasteiger charge is 2.24. The Kier molecular flexibility index (Phi) is 4.70. The molecular weight excluding hydrogens is 349 g/mol. The van der Waals surface area contributed by atoms with Gasteiger partial charge in [0.1, 0.15) is 17.5 Å². The van der Waals surface area contributed by atoms with Crippen molar-refractivity contribution < 1.29 is 9.18 Å². The van der Waals surface area contributed by atoms with Crippen molar-refractivity contribution in [1.82, 2.24) is 24.6 Å². The summed E-state index contributed by atoms with van der Waals surface area (Å²) in [5.41, 5.74) is 0.613. The van der Waals surface area contributed by atoms with Gasteiger partial charge in [-0.2, -0.15) is 5.10 Å². The van der Waals surface area contributed by atoms with Crippen LogP contribution < -0.4 is 10.9 Å². The fourth-order valence-corrected chi connectivity index (χ4v) is 3.18. The lowest BCUT2D eigenvalue weighted by Gasteiger charge is -2.23. The highest BCUT2D eigenvalue weighted by atomic mass is 19.1. The first-order valence-corrected chi connectivity index (χ1v) is 9.05. The fraction of sp³-hybridized carbons (Fsp3) is 0.368. The van der Waals surface area contributed by atoms with Crippen LogP contribution in [0, 0.1) is 11.7 Å². The molecule has 1 saturated carbocycles. The van der Waals surface area contributed by atoms with Gasteiger partial charge >= 0.3 is 0 Å². The Bertz CT molecular complexity index is 1040. The van der Waals surface area contributed by atoms with E-state index in [4.69, 9.17) is 0 Å². The topological polar surface area (TPSA) is 81.8 Å². The van der Waals surface area contributed by atoms with Gasteiger partial charge in [0.2, 0.25) is 5.91 Å². The summed E-state index contributed by atoms with van der Waals surface area (Å²) in [6, 6.07) is 6.34. The van der Waals surface area contributed by atoms with Crippen molar-refractivity contribution in [1.29, 1.82) is 0 Å². The number of carbonyl (C=O) groups excluding carboxylic acids is 1. The summed E-state index contributed by atoms with van der Waals surface area (Å²) in [4.78, 5) is 28.8. The molecule has 0 radical (unpaired) electrons. The fourth-order valence-electron chi connectivity index (χ4n) is 3.18. The lowest BCUT2D eigenvalue weighted by molar-refractivity contribution is -0.127. The van der Waals surface area contributed by atoms with Crippen molar-refractivity contribution in [2.24, 2.45) is 5.92 Å². The van der Waals surface area contributed by atoms with Gasteiger partial charge in [0.05, 0.1) is 19.3 Å². The Hall–Kier alpha value is -3.03. The monoisotopic (exact) mass is 369 g/mol. The van der Waals surface area contributed by atoms with Gasteiger partial charge in [-0.25, -0.2) is 14.1 Å². The minimum absolute atomic E-state index is 0.0814. The zero-order valence-corrected chi connectivity index (χ0v) is 14.8. The number of rotatable bonds is 6. The van der Waals surface area contributed by atoms with E-state index in [1.807, 2.05) is 0 Å². The first-order valence-electron chi connectivity index (χ1n) is 9.05. The molecule has 0 spiro atoms. The second-order valence-electron chi connectivity index (χ2n) is 6.79. The second kappa shape index (κ2) is 7.30. The number of benzene rings is 1. The summed E-state index contributed by atoms with van der Waals surface area (Å²) in [7, 11) is 0. The molecule has 0 atom stereocenters. The number of amides is 1. The molecule has 0 bridgehead atoms. The van der Waals surface area contributed by atoms with Gasteiger partial charge in [-0.3, -0.25) is 14.2 Å². The third kappa shape index (κ3) is 3.47. The lowest BCUT2D eigenvalue weighted by Crippen LogP contribution is -2.36. The predicted molar refractivity (Wildman–Crippen MR) is 97.6 cm³/mol. The third-order valence-electron chi connectivity index (χ3n) is 5.02. The Labute approximate surface area is 154 Å². The van der Waals surface area contributed by atoms with Crippen LogP contribution in [0.3, 0.4) is 0 Å². The first-order chi connectivity index (χ1) is 13.1. The number of nitrogens with zero attached hydrogens (tertiary/aromatic N) is 4. The molecule has 1 fully saturated rings. The van der Waals surface area contributed by atoms with Gasteiger partial charge in [-0.05, 0) is 18.9 Å². The van der Waals surface area contributed by atoms with E-state index in [0.717, 1.165) is 19.3 Å². The third-order valence-corrected chi connectivity index (χ3v) is 5.02. The van der Waals surface area contributed by atoms with Gasteiger partial charge < -0.3 is 5.32 Å². The number of aromatic nitrogens is 4. The molecule has 2 aromatic heterocycles.